The molecule has 2 N–H and O–H groups in total. The van der Waals surface area contributed by atoms with Gasteiger partial charge in [0.1, 0.15) is 11.5 Å². The molecule has 22 heavy (non-hydrogen) atoms. The lowest BCUT2D eigenvalue weighted by Crippen LogP contribution is -2.08. The number of anilines is 1. The highest BCUT2D eigenvalue weighted by Gasteiger charge is 2.13. The normalized spacial score (nSPS) is 10.3. The number of halogens is 2. The lowest BCUT2D eigenvalue weighted by atomic mass is 10.1. The largest absolute Gasteiger partial charge is 0.466 e. The summed E-state index contributed by atoms with van der Waals surface area (Å²) in [7, 11) is 0. The summed E-state index contributed by atoms with van der Waals surface area (Å²) in [6, 6.07) is 10.1. The number of carbonyl (C=O) groups excluding carboxylic acids is 1. The molecule has 4 nitrogen and oxygen atoms in total. The van der Waals surface area contributed by atoms with Crippen molar-refractivity contribution in [2.24, 2.45) is 0 Å². The van der Waals surface area contributed by atoms with Gasteiger partial charge in [0.2, 0.25) is 0 Å². The van der Waals surface area contributed by atoms with Crippen LogP contribution >= 0.6 is 23.2 Å². The van der Waals surface area contributed by atoms with Gasteiger partial charge in [0.25, 0.3) is 0 Å². The SMILES string of the molecule is CCOC(=O)Cc1cc(Cl)c(Oc2ccc(N)cc2)cc1Cl. The number of hydrogen-bond acceptors (Lipinski definition) is 4. The van der Waals surface area contributed by atoms with Gasteiger partial charge in [0.15, 0.2) is 0 Å². The molecule has 0 saturated carbocycles. The Morgan fingerprint density at radius 3 is 2.45 bits per heavy atom. The Balaban J connectivity index is 2.18. The lowest BCUT2D eigenvalue weighted by molar-refractivity contribution is -0.142. The van der Waals surface area contributed by atoms with Gasteiger partial charge in [0.05, 0.1) is 18.1 Å². The van der Waals surface area contributed by atoms with Crippen molar-refractivity contribution in [3.05, 3.63) is 52.0 Å². The molecule has 0 heterocycles. The Morgan fingerprint density at radius 1 is 1.14 bits per heavy atom. The van der Waals surface area contributed by atoms with E-state index in [4.69, 9.17) is 38.4 Å². The van der Waals surface area contributed by atoms with Crippen LogP contribution < -0.4 is 10.5 Å². The summed E-state index contributed by atoms with van der Waals surface area (Å²) >= 11 is 12.4. The van der Waals surface area contributed by atoms with Crippen LogP contribution in [0.3, 0.4) is 0 Å². The Hall–Kier alpha value is -1.91. The van der Waals surface area contributed by atoms with Crippen LogP contribution in [0.15, 0.2) is 36.4 Å². The van der Waals surface area contributed by atoms with E-state index >= 15 is 0 Å². The number of carbonyl (C=O) groups is 1. The van der Waals surface area contributed by atoms with Crippen molar-refractivity contribution >= 4 is 34.9 Å². The van der Waals surface area contributed by atoms with E-state index in [1.54, 1.807) is 43.3 Å². The first kappa shape index (κ1) is 16.5. The molecule has 0 amide bonds. The first-order valence-corrected chi connectivity index (χ1v) is 7.42. The molecule has 0 aromatic heterocycles. The summed E-state index contributed by atoms with van der Waals surface area (Å²) in [6.45, 7) is 2.07. The summed E-state index contributed by atoms with van der Waals surface area (Å²) in [5, 5.41) is 0.753. The number of nitrogen functional groups attached to an aromatic ring is 1. The molecule has 116 valence electrons. The predicted molar refractivity (Wildman–Crippen MR) is 87.7 cm³/mol. The zero-order chi connectivity index (χ0) is 16.1. The molecule has 0 bridgehead atoms. The molecule has 0 fully saturated rings. The van der Waals surface area contributed by atoms with E-state index in [1.165, 1.54) is 0 Å². The van der Waals surface area contributed by atoms with Crippen molar-refractivity contribution < 1.29 is 14.3 Å². The second-order valence-corrected chi connectivity index (χ2v) is 5.34. The topological polar surface area (TPSA) is 61.5 Å². The molecule has 0 aliphatic carbocycles. The number of rotatable bonds is 5. The maximum Gasteiger partial charge on any atom is 0.310 e. The van der Waals surface area contributed by atoms with E-state index in [2.05, 4.69) is 0 Å². The van der Waals surface area contributed by atoms with E-state index in [-0.39, 0.29) is 12.4 Å². The molecule has 0 atom stereocenters. The highest BCUT2D eigenvalue weighted by Crippen LogP contribution is 2.34. The van der Waals surface area contributed by atoms with Gasteiger partial charge in [-0.25, -0.2) is 0 Å². The van der Waals surface area contributed by atoms with Gasteiger partial charge in [-0.2, -0.15) is 0 Å². The minimum atomic E-state index is -0.354. The van der Waals surface area contributed by atoms with E-state index in [0.29, 0.717) is 39.4 Å². The Bertz CT molecular complexity index is 672. The van der Waals surface area contributed by atoms with Gasteiger partial charge < -0.3 is 15.2 Å². The fourth-order valence-electron chi connectivity index (χ4n) is 1.81. The molecule has 6 heteroatoms. The van der Waals surface area contributed by atoms with E-state index < -0.39 is 0 Å². The maximum atomic E-state index is 11.5. The predicted octanol–water partition coefficient (Wildman–Crippen LogP) is 4.47. The lowest BCUT2D eigenvalue weighted by Gasteiger charge is -2.11. The van der Waals surface area contributed by atoms with Crippen LogP contribution in [-0.2, 0) is 16.0 Å². The Kier molecular flexibility index (Phi) is 5.52. The molecule has 0 aliphatic heterocycles. The monoisotopic (exact) mass is 339 g/mol. The van der Waals surface area contributed by atoms with Gasteiger partial charge in [0, 0.05) is 16.8 Å². The number of hydrogen-bond donors (Lipinski definition) is 1. The summed E-state index contributed by atoms with van der Waals surface area (Å²) in [5.74, 6) is 0.641. The van der Waals surface area contributed by atoms with Gasteiger partial charge in [-0.05, 0) is 42.8 Å². The molecule has 0 radical (unpaired) electrons. The van der Waals surface area contributed by atoms with Crippen LogP contribution in [0.5, 0.6) is 11.5 Å². The highest BCUT2D eigenvalue weighted by atomic mass is 35.5. The zero-order valence-corrected chi connectivity index (χ0v) is 13.4. The third-order valence-corrected chi connectivity index (χ3v) is 3.50. The molecule has 0 spiro atoms. The van der Waals surface area contributed by atoms with Crippen LogP contribution in [0, 0.1) is 0 Å². The van der Waals surface area contributed by atoms with Crippen LogP contribution in [0.4, 0.5) is 5.69 Å². The first-order chi connectivity index (χ1) is 10.5. The molecule has 2 rings (SSSR count). The summed E-state index contributed by atoms with van der Waals surface area (Å²) in [6.07, 6.45) is 0.0640. The maximum absolute atomic E-state index is 11.5. The molecular weight excluding hydrogens is 325 g/mol. The number of esters is 1. The molecule has 0 unspecified atom stereocenters. The summed E-state index contributed by atoms with van der Waals surface area (Å²) in [5.41, 5.74) is 6.85. The van der Waals surface area contributed by atoms with Crippen molar-refractivity contribution in [2.45, 2.75) is 13.3 Å². The van der Waals surface area contributed by atoms with Gasteiger partial charge in [-0.1, -0.05) is 23.2 Å². The highest BCUT2D eigenvalue weighted by molar-refractivity contribution is 6.34. The third kappa shape index (κ3) is 4.29. The smallest absolute Gasteiger partial charge is 0.310 e. The average molecular weight is 340 g/mol. The number of nitrogens with two attached hydrogens (primary N) is 1. The fourth-order valence-corrected chi connectivity index (χ4v) is 2.26. The van der Waals surface area contributed by atoms with E-state index in [0.717, 1.165) is 0 Å². The first-order valence-electron chi connectivity index (χ1n) is 6.66. The van der Waals surface area contributed by atoms with E-state index in [9.17, 15) is 4.79 Å². The van der Waals surface area contributed by atoms with Crippen LogP contribution in [-0.4, -0.2) is 12.6 Å². The van der Waals surface area contributed by atoms with Crippen molar-refractivity contribution in [1.29, 1.82) is 0 Å². The molecule has 0 saturated heterocycles. The Labute approximate surface area is 138 Å². The zero-order valence-electron chi connectivity index (χ0n) is 11.9. The van der Waals surface area contributed by atoms with Crippen molar-refractivity contribution in [3.8, 4) is 11.5 Å². The number of benzene rings is 2. The molecule has 0 aliphatic rings. The second-order valence-electron chi connectivity index (χ2n) is 4.53. The minimum absolute atomic E-state index is 0.0640. The van der Waals surface area contributed by atoms with Crippen molar-refractivity contribution in [2.75, 3.05) is 12.3 Å². The van der Waals surface area contributed by atoms with Crippen LogP contribution in [0.2, 0.25) is 10.0 Å². The molecule has 2 aromatic rings. The van der Waals surface area contributed by atoms with Gasteiger partial charge >= 0.3 is 5.97 Å². The van der Waals surface area contributed by atoms with Gasteiger partial charge in [-0.15, -0.1) is 0 Å². The minimum Gasteiger partial charge on any atom is -0.466 e. The van der Waals surface area contributed by atoms with E-state index in [1.807, 2.05) is 0 Å². The summed E-state index contributed by atoms with van der Waals surface area (Å²) < 4.78 is 10.6. The van der Waals surface area contributed by atoms with Crippen LogP contribution in [0.1, 0.15) is 12.5 Å². The van der Waals surface area contributed by atoms with Gasteiger partial charge in [-0.3, -0.25) is 4.79 Å². The average Bonchev–Trinajstić information content (AvgIpc) is 2.47. The van der Waals surface area contributed by atoms with Crippen molar-refractivity contribution in [1.82, 2.24) is 0 Å². The molecular formula is C16H15Cl2NO3. The summed E-state index contributed by atoms with van der Waals surface area (Å²) in [4.78, 5) is 11.5. The third-order valence-electron chi connectivity index (χ3n) is 2.85. The number of ether oxygens (including phenoxy) is 2. The Morgan fingerprint density at radius 2 is 1.82 bits per heavy atom. The van der Waals surface area contributed by atoms with Crippen molar-refractivity contribution in [3.63, 3.8) is 0 Å². The second kappa shape index (κ2) is 7.38. The standard InChI is InChI=1S/C16H15Cl2NO3/c1-2-21-16(20)8-10-7-14(18)15(9-13(10)17)22-12-5-3-11(19)4-6-12/h3-7,9H,2,8,19H2,1H3. The quantitative estimate of drug-likeness (QED) is 0.644. The molecule has 2 aromatic carbocycles. The fraction of sp³-hybridized carbons (Fsp3) is 0.188. The van der Waals surface area contributed by atoms with Crippen LogP contribution in [0.25, 0.3) is 0 Å².